The highest BCUT2D eigenvalue weighted by Gasteiger charge is 2.25. The summed E-state index contributed by atoms with van der Waals surface area (Å²) in [7, 11) is 0. The fraction of sp³-hybridized carbons (Fsp3) is 0.520. The number of ether oxygens (including phenoxy) is 1. The Hall–Kier alpha value is -2.09. The molecule has 2 aliphatic rings. The second-order valence-electron chi connectivity index (χ2n) is 9.13. The molecule has 5 rings (SSSR count). The average molecular weight is 487 g/mol. The summed E-state index contributed by atoms with van der Waals surface area (Å²) in [5.74, 6) is 0. The Morgan fingerprint density at radius 1 is 1.18 bits per heavy atom. The van der Waals surface area contributed by atoms with Gasteiger partial charge in [0.15, 0.2) is 4.96 Å². The van der Waals surface area contributed by atoms with Crippen molar-refractivity contribution in [3.8, 4) is 11.3 Å². The number of imidazole rings is 1. The van der Waals surface area contributed by atoms with Gasteiger partial charge in [-0.2, -0.15) is 0 Å². The fourth-order valence-electron chi connectivity index (χ4n) is 4.84. The number of benzene rings is 1. The zero-order valence-corrected chi connectivity index (χ0v) is 20.4. The molecule has 2 aromatic heterocycles. The van der Waals surface area contributed by atoms with Gasteiger partial charge in [0.2, 0.25) is 0 Å². The van der Waals surface area contributed by atoms with Crippen LogP contribution in [-0.2, 0) is 11.2 Å². The molecule has 1 saturated carbocycles. The van der Waals surface area contributed by atoms with E-state index in [1.807, 2.05) is 29.2 Å². The minimum absolute atomic E-state index is 0.0522. The second kappa shape index (κ2) is 10.5. The first kappa shape index (κ1) is 22.7. The minimum atomic E-state index is 0.0522. The van der Waals surface area contributed by atoms with Crippen LogP contribution >= 0.6 is 22.9 Å². The zero-order valence-electron chi connectivity index (χ0n) is 18.8. The van der Waals surface area contributed by atoms with Crippen molar-refractivity contribution < 1.29 is 9.53 Å². The number of nitrogens with zero attached hydrogens (tertiary/aromatic N) is 3. The van der Waals surface area contributed by atoms with E-state index in [-0.39, 0.29) is 12.1 Å². The number of carbonyl (C=O) groups excluding carboxylic acids is 1. The van der Waals surface area contributed by atoms with Crippen LogP contribution in [0.15, 0.2) is 35.8 Å². The molecule has 33 heavy (non-hydrogen) atoms. The van der Waals surface area contributed by atoms with Crippen LogP contribution in [0.5, 0.6) is 0 Å². The van der Waals surface area contributed by atoms with Crippen LogP contribution in [0.4, 0.5) is 4.79 Å². The van der Waals surface area contributed by atoms with E-state index in [0.717, 1.165) is 60.0 Å². The largest absolute Gasteiger partial charge is 0.376 e. The Labute approximate surface area is 203 Å². The molecule has 176 valence electrons. The monoisotopic (exact) mass is 486 g/mol. The summed E-state index contributed by atoms with van der Waals surface area (Å²) in [5, 5.41) is 6.17. The van der Waals surface area contributed by atoms with Gasteiger partial charge >= 0.3 is 6.03 Å². The van der Waals surface area contributed by atoms with Crippen molar-refractivity contribution in [1.29, 1.82) is 0 Å². The second-order valence-corrected chi connectivity index (χ2v) is 10.4. The van der Waals surface area contributed by atoms with Crippen molar-refractivity contribution in [3.63, 3.8) is 0 Å². The van der Waals surface area contributed by atoms with Gasteiger partial charge in [0, 0.05) is 60.0 Å². The summed E-state index contributed by atoms with van der Waals surface area (Å²) in [6.45, 7) is 2.13. The molecule has 6 nitrogen and oxygen atoms in total. The number of aromatic nitrogens is 2. The highest BCUT2D eigenvalue weighted by atomic mass is 35.5. The molecule has 0 spiro atoms. The first-order valence-corrected chi connectivity index (χ1v) is 13.3. The van der Waals surface area contributed by atoms with Crippen LogP contribution in [0.2, 0.25) is 5.02 Å². The average Bonchev–Trinajstić information content (AvgIpc) is 3.56. The van der Waals surface area contributed by atoms with Gasteiger partial charge in [-0.25, -0.2) is 9.78 Å². The highest BCUT2D eigenvalue weighted by molar-refractivity contribution is 7.15. The number of fused-ring (bicyclic) bond motifs is 1. The third-order valence-electron chi connectivity index (χ3n) is 6.73. The van der Waals surface area contributed by atoms with Crippen LogP contribution < -0.4 is 5.32 Å². The molecule has 1 saturated heterocycles. The molecule has 1 aromatic carbocycles. The normalized spacial score (nSPS) is 19.2. The third kappa shape index (κ3) is 5.53. The van der Waals surface area contributed by atoms with Crippen molar-refractivity contribution in [2.24, 2.45) is 0 Å². The Morgan fingerprint density at radius 3 is 2.76 bits per heavy atom. The SMILES string of the molecule is O=C(NC1CCCCC1)N(CCc1csc2nc(-c3ccc(Cl)cc3)cn12)CC1CCCO1. The lowest BCUT2D eigenvalue weighted by Crippen LogP contribution is -2.48. The van der Waals surface area contributed by atoms with E-state index >= 15 is 0 Å². The molecule has 1 aliphatic carbocycles. The minimum Gasteiger partial charge on any atom is -0.376 e. The number of nitrogens with one attached hydrogen (secondary N) is 1. The van der Waals surface area contributed by atoms with Crippen LogP contribution in [0.25, 0.3) is 16.2 Å². The lowest BCUT2D eigenvalue weighted by Gasteiger charge is -2.29. The van der Waals surface area contributed by atoms with E-state index in [9.17, 15) is 4.79 Å². The number of urea groups is 1. The van der Waals surface area contributed by atoms with Crippen LogP contribution in [-0.4, -0.2) is 52.2 Å². The van der Waals surface area contributed by atoms with Gasteiger partial charge in [0.25, 0.3) is 0 Å². The molecule has 0 radical (unpaired) electrons. The van der Waals surface area contributed by atoms with E-state index in [1.165, 1.54) is 25.0 Å². The molecule has 1 unspecified atom stereocenters. The van der Waals surface area contributed by atoms with Gasteiger partial charge in [-0.15, -0.1) is 11.3 Å². The summed E-state index contributed by atoms with van der Waals surface area (Å²) in [4.78, 5) is 20.9. The molecule has 1 N–H and O–H groups in total. The predicted molar refractivity (Wildman–Crippen MR) is 133 cm³/mol. The molecule has 1 atom stereocenters. The molecule has 8 heteroatoms. The number of rotatable bonds is 7. The van der Waals surface area contributed by atoms with Crippen molar-refractivity contribution >= 4 is 33.9 Å². The number of carbonyl (C=O) groups is 1. The Bertz CT molecular complexity index is 1070. The highest BCUT2D eigenvalue weighted by Crippen LogP contribution is 2.25. The van der Waals surface area contributed by atoms with E-state index in [1.54, 1.807) is 11.3 Å². The van der Waals surface area contributed by atoms with Crippen molar-refractivity contribution in [2.45, 2.75) is 63.5 Å². The molecule has 2 amide bonds. The first-order valence-electron chi connectivity index (χ1n) is 12.0. The Balaban J connectivity index is 1.28. The molecule has 3 aromatic rings. The van der Waals surface area contributed by atoms with Crippen molar-refractivity contribution in [1.82, 2.24) is 19.6 Å². The van der Waals surface area contributed by atoms with Gasteiger partial charge in [-0.1, -0.05) is 43.0 Å². The maximum absolute atomic E-state index is 13.2. The summed E-state index contributed by atoms with van der Waals surface area (Å²) in [6.07, 6.45) is 11.0. The predicted octanol–water partition coefficient (Wildman–Crippen LogP) is 5.78. The molecular formula is C25H31ClN4O2S. The maximum atomic E-state index is 13.2. The summed E-state index contributed by atoms with van der Waals surface area (Å²) in [6, 6.07) is 8.12. The fourth-order valence-corrected chi connectivity index (χ4v) is 5.87. The molecule has 0 bridgehead atoms. The quantitative estimate of drug-likeness (QED) is 0.460. The van der Waals surface area contributed by atoms with Crippen molar-refractivity contribution in [2.75, 3.05) is 19.7 Å². The first-order chi connectivity index (χ1) is 16.2. The molecule has 2 fully saturated rings. The Kier molecular flexibility index (Phi) is 7.19. The summed E-state index contributed by atoms with van der Waals surface area (Å²) in [5.41, 5.74) is 3.16. The molecular weight excluding hydrogens is 456 g/mol. The van der Waals surface area contributed by atoms with Gasteiger partial charge in [-0.3, -0.25) is 4.40 Å². The number of thiazole rings is 1. The van der Waals surface area contributed by atoms with Gasteiger partial charge in [0.1, 0.15) is 0 Å². The van der Waals surface area contributed by atoms with Crippen LogP contribution in [0, 0.1) is 0 Å². The van der Waals surface area contributed by atoms with Crippen molar-refractivity contribution in [3.05, 3.63) is 46.6 Å². The number of hydrogen-bond acceptors (Lipinski definition) is 4. The zero-order chi connectivity index (χ0) is 22.6. The van der Waals surface area contributed by atoms with Crippen LogP contribution in [0.1, 0.15) is 50.6 Å². The van der Waals surface area contributed by atoms with Gasteiger partial charge in [0.05, 0.1) is 11.8 Å². The third-order valence-corrected chi connectivity index (χ3v) is 7.87. The lowest BCUT2D eigenvalue weighted by molar-refractivity contribution is 0.0806. The maximum Gasteiger partial charge on any atom is 0.317 e. The smallest absolute Gasteiger partial charge is 0.317 e. The standard InChI is InChI=1S/C25H31ClN4O2S/c26-19-10-8-18(9-11-19)23-16-30-21(17-33-25(30)28-23)12-13-29(15-22-7-4-14-32-22)24(31)27-20-5-2-1-3-6-20/h8-11,16-17,20,22H,1-7,12-15H2,(H,27,31). The number of amides is 2. The molecule has 1 aliphatic heterocycles. The summed E-state index contributed by atoms with van der Waals surface area (Å²) < 4.78 is 8.00. The van der Waals surface area contributed by atoms with E-state index in [4.69, 9.17) is 21.3 Å². The van der Waals surface area contributed by atoms with Gasteiger partial charge < -0.3 is 15.0 Å². The lowest BCUT2D eigenvalue weighted by atomic mass is 9.96. The van der Waals surface area contributed by atoms with Gasteiger partial charge in [-0.05, 0) is 37.8 Å². The summed E-state index contributed by atoms with van der Waals surface area (Å²) >= 11 is 7.67. The number of hydrogen-bond donors (Lipinski definition) is 1. The van der Waals surface area contributed by atoms with E-state index in [0.29, 0.717) is 19.1 Å². The number of halogens is 1. The van der Waals surface area contributed by atoms with E-state index < -0.39 is 0 Å². The Morgan fingerprint density at radius 2 is 2.00 bits per heavy atom. The topological polar surface area (TPSA) is 58.9 Å². The van der Waals surface area contributed by atoms with Crippen LogP contribution in [0.3, 0.4) is 0 Å². The van der Waals surface area contributed by atoms with E-state index in [2.05, 4.69) is 21.3 Å². The molecule has 3 heterocycles.